The molecule has 9 heteroatoms. The minimum absolute atomic E-state index is 0.208. The van der Waals surface area contributed by atoms with Crippen LogP contribution < -0.4 is 5.32 Å². The number of hydrogen-bond acceptors (Lipinski definition) is 8. The third-order valence-corrected chi connectivity index (χ3v) is 4.32. The maximum Gasteiger partial charge on any atom is 0.248 e. The van der Waals surface area contributed by atoms with E-state index >= 15 is 0 Å². The van der Waals surface area contributed by atoms with E-state index < -0.39 is 0 Å². The van der Waals surface area contributed by atoms with E-state index in [1.807, 2.05) is 40.0 Å². The molecule has 1 atom stereocenters. The van der Waals surface area contributed by atoms with Crippen molar-refractivity contribution in [1.82, 2.24) is 34.9 Å². The Kier molecular flexibility index (Phi) is 4.27. The van der Waals surface area contributed by atoms with Crippen molar-refractivity contribution in [2.45, 2.75) is 33.2 Å². The van der Waals surface area contributed by atoms with Crippen LogP contribution in [0.1, 0.15) is 37.3 Å². The number of rotatable bonds is 5. The van der Waals surface area contributed by atoms with Gasteiger partial charge in [0.2, 0.25) is 5.89 Å². The first-order chi connectivity index (χ1) is 13.1. The highest BCUT2D eigenvalue weighted by Crippen LogP contribution is 2.29. The summed E-state index contributed by atoms with van der Waals surface area (Å²) in [6.07, 6.45) is 4.16. The Morgan fingerprint density at radius 2 is 1.96 bits per heavy atom. The molecule has 0 aliphatic heterocycles. The molecule has 0 aliphatic carbocycles. The van der Waals surface area contributed by atoms with Gasteiger partial charge >= 0.3 is 0 Å². The van der Waals surface area contributed by atoms with Gasteiger partial charge in [0.05, 0.1) is 11.1 Å². The average Bonchev–Trinajstić information content (AvgIpc) is 3.27. The Bertz CT molecular complexity index is 1090. The van der Waals surface area contributed by atoms with E-state index in [2.05, 4.69) is 25.5 Å². The van der Waals surface area contributed by atoms with E-state index in [0.717, 1.165) is 28.7 Å². The lowest BCUT2D eigenvalue weighted by Gasteiger charge is -2.13. The Morgan fingerprint density at radius 3 is 2.67 bits per heavy atom. The van der Waals surface area contributed by atoms with Crippen molar-refractivity contribution in [1.29, 1.82) is 0 Å². The number of nitrogens with one attached hydrogen (secondary N) is 1. The van der Waals surface area contributed by atoms with E-state index in [1.54, 1.807) is 17.1 Å². The van der Waals surface area contributed by atoms with Gasteiger partial charge in [0.1, 0.15) is 11.9 Å². The molecule has 0 saturated heterocycles. The standard InChI is InChI=1S/C18H20N8O/c1-5-13-21-18(27-25-13)11(3)20-16-14-10(2)24-26(4)17(14)23-15(22-16)12-6-8-19-9-7-12/h6-9,11H,5H2,1-4H3,(H,20,22,23)/t11-/m1/s1. The highest BCUT2D eigenvalue weighted by atomic mass is 16.5. The van der Waals surface area contributed by atoms with Crippen LogP contribution in [0.3, 0.4) is 0 Å². The quantitative estimate of drug-likeness (QED) is 0.576. The molecule has 9 nitrogen and oxygen atoms in total. The Morgan fingerprint density at radius 1 is 1.19 bits per heavy atom. The van der Waals surface area contributed by atoms with E-state index in [-0.39, 0.29) is 6.04 Å². The van der Waals surface area contributed by atoms with Crippen LogP contribution in [0.5, 0.6) is 0 Å². The van der Waals surface area contributed by atoms with Crippen molar-refractivity contribution in [2.24, 2.45) is 7.05 Å². The number of fused-ring (bicyclic) bond motifs is 1. The fourth-order valence-corrected chi connectivity index (χ4v) is 2.93. The minimum atomic E-state index is -0.208. The first-order valence-electron chi connectivity index (χ1n) is 8.77. The van der Waals surface area contributed by atoms with Crippen molar-refractivity contribution in [3.8, 4) is 11.4 Å². The molecule has 0 amide bonds. The van der Waals surface area contributed by atoms with Gasteiger partial charge in [-0.25, -0.2) is 9.97 Å². The molecule has 0 spiro atoms. The molecule has 4 aromatic heterocycles. The predicted octanol–water partition coefficient (Wildman–Crippen LogP) is 2.85. The zero-order chi connectivity index (χ0) is 19.0. The largest absolute Gasteiger partial charge is 0.358 e. The first-order valence-corrected chi connectivity index (χ1v) is 8.77. The second-order valence-electron chi connectivity index (χ2n) is 6.31. The summed E-state index contributed by atoms with van der Waals surface area (Å²) in [5.41, 5.74) is 2.49. The lowest BCUT2D eigenvalue weighted by atomic mass is 10.2. The van der Waals surface area contributed by atoms with Crippen LogP contribution in [-0.4, -0.2) is 34.9 Å². The topological polar surface area (TPSA) is 107 Å². The number of nitrogens with zero attached hydrogens (tertiary/aromatic N) is 7. The smallest absolute Gasteiger partial charge is 0.248 e. The third-order valence-electron chi connectivity index (χ3n) is 4.32. The molecule has 0 saturated carbocycles. The normalized spacial score (nSPS) is 12.4. The van der Waals surface area contributed by atoms with Gasteiger partial charge in [0.15, 0.2) is 17.3 Å². The minimum Gasteiger partial charge on any atom is -0.358 e. The summed E-state index contributed by atoms with van der Waals surface area (Å²) in [6.45, 7) is 5.88. The zero-order valence-corrected chi connectivity index (χ0v) is 15.6. The lowest BCUT2D eigenvalue weighted by molar-refractivity contribution is 0.363. The molecule has 0 unspecified atom stereocenters. The summed E-state index contributed by atoms with van der Waals surface area (Å²) in [6, 6.07) is 3.55. The van der Waals surface area contributed by atoms with Crippen LogP contribution in [0.4, 0.5) is 5.82 Å². The van der Waals surface area contributed by atoms with Crippen molar-refractivity contribution in [2.75, 3.05) is 5.32 Å². The molecule has 27 heavy (non-hydrogen) atoms. The number of hydrogen-bond donors (Lipinski definition) is 1. The molecule has 0 bridgehead atoms. The van der Waals surface area contributed by atoms with Crippen LogP contribution in [-0.2, 0) is 13.5 Å². The fraction of sp³-hybridized carbons (Fsp3) is 0.333. The predicted molar refractivity (Wildman–Crippen MR) is 100.0 cm³/mol. The van der Waals surface area contributed by atoms with Crippen molar-refractivity contribution in [3.05, 3.63) is 41.9 Å². The number of anilines is 1. The summed E-state index contributed by atoms with van der Waals surface area (Å²) < 4.78 is 7.11. The van der Waals surface area contributed by atoms with E-state index in [1.165, 1.54) is 0 Å². The van der Waals surface area contributed by atoms with Gasteiger partial charge in [-0.3, -0.25) is 9.67 Å². The van der Waals surface area contributed by atoms with E-state index in [0.29, 0.717) is 23.4 Å². The highest BCUT2D eigenvalue weighted by Gasteiger charge is 2.20. The Labute approximate surface area is 155 Å². The van der Waals surface area contributed by atoms with Crippen molar-refractivity contribution < 1.29 is 4.52 Å². The molecule has 0 radical (unpaired) electrons. The van der Waals surface area contributed by atoms with Crippen LogP contribution in [0.2, 0.25) is 0 Å². The van der Waals surface area contributed by atoms with Gasteiger partial charge in [0, 0.05) is 31.4 Å². The van der Waals surface area contributed by atoms with Gasteiger partial charge in [-0.05, 0) is 26.0 Å². The van der Waals surface area contributed by atoms with Crippen molar-refractivity contribution in [3.63, 3.8) is 0 Å². The molecular formula is C18H20N8O. The second kappa shape index (κ2) is 6.75. The molecule has 0 fully saturated rings. The third kappa shape index (κ3) is 3.12. The van der Waals surface area contributed by atoms with Crippen LogP contribution in [0.15, 0.2) is 29.0 Å². The van der Waals surface area contributed by atoms with Crippen LogP contribution >= 0.6 is 0 Å². The Balaban J connectivity index is 1.80. The van der Waals surface area contributed by atoms with E-state index in [4.69, 9.17) is 14.5 Å². The van der Waals surface area contributed by atoms with Crippen molar-refractivity contribution >= 4 is 16.9 Å². The second-order valence-corrected chi connectivity index (χ2v) is 6.31. The summed E-state index contributed by atoms with van der Waals surface area (Å²) in [5, 5.41) is 12.7. The molecule has 0 aliphatic rings. The number of aromatic nitrogens is 7. The maximum absolute atomic E-state index is 5.36. The molecule has 0 aromatic carbocycles. The first kappa shape index (κ1) is 17.1. The molecule has 4 aromatic rings. The molecule has 4 rings (SSSR count). The average molecular weight is 364 g/mol. The summed E-state index contributed by atoms with van der Waals surface area (Å²) >= 11 is 0. The monoisotopic (exact) mass is 364 g/mol. The van der Waals surface area contributed by atoms with Crippen LogP contribution in [0, 0.1) is 6.92 Å². The van der Waals surface area contributed by atoms with Crippen LogP contribution in [0.25, 0.3) is 22.4 Å². The van der Waals surface area contributed by atoms with Gasteiger partial charge in [-0.2, -0.15) is 10.1 Å². The maximum atomic E-state index is 5.36. The zero-order valence-electron chi connectivity index (χ0n) is 15.6. The highest BCUT2D eigenvalue weighted by molar-refractivity contribution is 5.91. The fourth-order valence-electron chi connectivity index (χ4n) is 2.93. The molecule has 138 valence electrons. The van der Waals surface area contributed by atoms with Gasteiger partial charge < -0.3 is 9.84 Å². The summed E-state index contributed by atoms with van der Waals surface area (Å²) in [5.74, 6) is 2.48. The summed E-state index contributed by atoms with van der Waals surface area (Å²) in [7, 11) is 1.87. The molecular weight excluding hydrogens is 344 g/mol. The van der Waals surface area contributed by atoms with E-state index in [9.17, 15) is 0 Å². The SMILES string of the molecule is CCc1noc([C@@H](C)Nc2nc(-c3ccncc3)nc3c2c(C)nn3C)n1. The number of aryl methyl sites for hydroxylation is 3. The Hall–Kier alpha value is -3.36. The van der Waals surface area contributed by atoms with Gasteiger partial charge in [-0.1, -0.05) is 12.1 Å². The number of pyridine rings is 1. The van der Waals surface area contributed by atoms with Gasteiger partial charge in [-0.15, -0.1) is 0 Å². The molecule has 4 heterocycles. The van der Waals surface area contributed by atoms with Gasteiger partial charge in [0.25, 0.3) is 0 Å². The lowest BCUT2D eigenvalue weighted by Crippen LogP contribution is -2.10. The molecule has 1 N–H and O–H groups in total. The summed E-state index contributed by atoms with van der Waals surface area (Å²) in [4.78, 5) is 17.9.